The molecule has 0 fully saturated rings. The Kier molecular flexibility index (Phi) is 4.84. The molecule has 0 aliphatic carbocycles. The molecule has 2 aromatic rings. The van der Waals surface area contributed by atoms with Gasteiger partial charge in [0.15, 0.2) is 0 Å². The quantitative estimate of drug-likeness (QED) is 0.831. The molecule has 1 aromatic carbocycles. The zero-order valence-electron chi connectivity index (χ0n) is 11.4. The van der Waals surface area contributed by atoms with Crippen LogP contribution in [0.1, 0.15) is 25.3 Å². The Balaban J connectivity index is 1.76. The van der Waals surface area contributed by atoms with E-state index in [1.165, 1.54) is 18.4 Å². The summed E-state index contributed by atoms with van der Waals surface area (Å²) in [5.74, 6) is 1.45. The van der Waals surface area contributed by atoms with Crippen LogP contribution >= 0.6 is 0 Å². The zero-order chi connectivity index (χ0) is 13.5. The molecule has 0 atom stereocenters. The minimum atomic E-state index is 0.542. The fourth-order valence-corrected chi connectivity index (χ4v) is 1.89. The van der Waals surface area contributed by atoms with Crippen molar-refractivity contribution in [2.45, 2.75) is 32.7 Å². The predicted molar refractivity (Wildman–Crippen MR) is 77.2 cm³/mol. The van der Waals surface area contributed by atoms with Crippen molar-refractivity contribution in [1.29, 1.82) is 0 Å². The van der Waals surface area contributed by atoms with Gasteiger partial charge in [-0.05, 0) is 36.6 Å². The monoisotopic (exact) mass is 259 g/mol. The minimum absolute atomic E-state index is 0.542. The van der Waals surface area contributed by atoms with Crippen LogP contribution < -0.4 is 10.5 Å². The van der Waals surface area contributed by atoms with Crippen LogP contribution in [0.3, 0.4) is 0 Å². The summed E-state index contributed by atoms with van der Waals surface area (Å²) in [5.41, 5.74) is 6.91. The number of aromatic nitrogens is 2. The maximum atomic E-state index is 5.68. The van der Waals surface area contributed by atoms with Gasteiger partial charge in [0, 0.05) is 6.20 Å². The van der Waals surface area contributed by atoms with Gasteiger partial charge in [-0.3, -0.25) is 4.68 Å². The van der Waals surface area contributed by atoms with E-state index in [0.717, 1.165) is 12.2 Å². The molecule has 2 N–H and O–H groups in total. The maximum Gasteiger partial charge on any atom is 0.145 e. The summed E-state index contributed by atoms with van der Waals surface area (Å²) in [6.45, 7) is 3.50. The number of ether oxygens (including phenoxy) is 1. The van der Waals surface area contributed by atoms with E-state index < -0.39 is 0 Å². The number of nitrogens with zero attached hydrogens (tertiary/aromatic N) is 2. The van der Waals surface area contributed by atoms with E-state index in [-0.39, 0.29) is 0 Å². The van der Waals surface area contributed by atoms with E-state index in [2.05, 4.69) is 24.2 Å². The number of nitrogen functional groups attached to an aromatic ring is 1. The van der Waals surface area contributed by atoms with Gasteiger partial charge in [0.05, 0.1) is 6.54 Å². The molecule has 19 heavy (non-hydrogen) atoms. The van der Waals surface area contributed by atoms with Crippen molar-refractivity contribution < 1.29 is 4.74 Å². The SMILES string of the molecule is CCCCc1ccc(OCCn2ccc(N)n2)cc1. The lowest BCUT2D eigenvalue weighted by Crippen LogP contribution is -2.08. The van der Waals surface area contributed by atoms with Crippen molar-refractivity contribution in [3.05, 3.63) is 42.1 Å². The van der Waals surface area contributed by atoms with Crippen LogP contribution in [0, 0.1) is 0 Å². The van der Waals surface area contributed by atoms with Crippen molar-refractivity contribution in [1.82, 2.24) is 9.78 Å². The second kappa shape index (κ2) is 6.83. The van der Waals surface area contributed by atoms with Gasteiger partial charge in [-0.2, -0.15) is 5.10 Å². The highest BCUT2D eigenvalue weighted by atomic mass is 16.5. The van der Waals surface area contributed by atoms with Crippen molar-refractivity contribution in [3.8, 4) is 5.75 Å². The summed E-state index contributed by atoms with van der Waals surface area (Å²) in [6.07, 6.45) is 5.46. The number of hydrogen-bond donors (Lipinski definition) is 1. The number of anilines is 1. The van der Waals surface area contributed by atoms with Crippen LogP contribution in [-0.4, -0.2) is 16.4 Å². The van der Waals surface area contributed by atoms with Gasteiger partial charge in [-0.1, -0.05) is 25.5 Å². The molecule has 0 radical (unpaired) electrons. The zero-order valence-corrected chi connectivity index (χ0v) is 11.4. The first-order valence-electron chi connectivity index (χ1n) is 6.78. The molecule has 0 spiro atoms. The summed E-state index contributed by atoms with van der Waals surface area (Å²) in [4.78, 5) is 0. The van der Waals surface area contributed by atoms with Crippen molar-refractivity contribution in [2.75, 3.05) is 12.3 Å². The maximum absolute atomic E-state index is 5.68. The topological polar surface area (TPSA) is 53.1 Å². The van der Waals surface area contributed by atoms with E-state index in [4.69, 9.17) is 10.5 Å². The molecule has 0 saturated carbocycles. The van der Waals surface area contributed by atoms with Crippen LogP contribution in [-0.2, 0) is 13.0 Å². The van der Waals surface area contributed by atoms with Gasteiger partial charge in [0.2, 0.25) is 0 Å². The molecule has 4 heteroatoms. The Morgan fingerprint density at radius 3 is 2.63 bits per heavy atom. The molecular weight excluding hydrogens is 238 g/mol. The normalized spacial score (nSPS) is 10.6. The van der Waals surface area contributed by atoms with Gasteiger partial charge < -0.3 is 10.5 Å². The number of nitrogens with two attached hydrogens (primary N) is 1. The van der Waals surface area contributed by atoms with Gasteiger partial charge in [0.25, 0.3) is 0 Å². The molecule has 0 unspecified atom stereocenters. The second-order valence-corrected chi connectivity index (χ2v) is 4.60. The first-order valence-corrected chi connectivity index (χ1v) is 6.78. The molecule has 0 aliphatic heterocycles. The lowest BCUT2D eigenvalue weighted by molar-refractivity contribution is 0.291. The summed E-state index contributed by atoms with van der Waals surface area (Å²) in [6, 6.07) is 10.1. The fraction of sp³-hybridized carbons (Fsp3) is 0.400. The third kappa shape index (κ3) is 4.32. The Morgan fingerprint density at radius 2 is 2.00 bits per heavy atom. The van der Waals surface area contributed by atoms with Crippen LogP contribution in [0.5, 0.6) is 5.75 Å². The lowest BCUT2D eigenvalue weighted by Gasteiger charge is -2.07. The molecule has 2 rings (SSSR count). The van der Waals surface area contributed by atoms with Gasteiger partial charge in [0.1, 0.15) is 18.2 Å². The van der Waals surface area contributed by atoms with E-state index in [1.54, 1.807) is 10.7 Å². The van der Waals surface area contributed by atoms with Gasteiger partial charge in [-0.15, -0.1) is 0 Å². The third-order valence-corrected chi connectivity index (χ3v) is 2.99. The smallest absolute Gasteiger partial charge is 0.145 e. The highest BCUT2D eigenvalue weighted by Crippen LogP contribution is 2.14. The molecule has 4 nitrogen and oxygen atoms in total. The number of rotatable bonds is 7. The standard InChI is InChI=1S/C15H21N3O/c1-2-3-4-13-5-7-14(8-6-13)19-12-11-18-10-9-15(16)17-18/h5-10H,2-4,11-12H2,1H3,(H2,16,17). The average Bonchev–Trinajstić information content (AvgIpc) is 2.84. The third-order valence-electron chi connectivity index (χ3n) is 2.99. The summed E-state index contributed by atoms with van der Waals surface area (Å²) < 4.78 is 7.46. The first-order chi connectivity index (χ1) is 9.28. The highest BCUT2D eigenvalue weighted by molar-refractivity contribution is 5.27. The van der Waals surface area contributed by atoms with Crippen molar-refractivity contribution in [2.24, 2.45) is 0 Å². The highest BCUT2D eigenvalue weighted by Gasteiger charge is 1.97. The van der Waals surface area contributed by atoms with Gasteiger partial charge >= 0.3 is 0 Å². The summed E-state index contributed by atoms with van der Waals surface area (Å²) >= 11 is 0. The summed E-state index contributed by atoms with van der Waals surface area (Å²) in [7, 11) is 0. The Morgan fingerprint density at radius 1 is 1.21 bits per heavy atom. The summed E-state index contributed by atoms with van der Waals surface area (Å²) in [5, 5.41) is 4.10. The molecule has 1 aromatic heterocycles. The Hall–Kier alpha value is -1.97. The van der Waals surface area contributed by atoms with E-state index in [9.17, 15) is 0 Å². The first kappa shape index (κ1) is 13.5. The Bertz CT molecular complexity index is 490. The molecule has 1 heterocycles. The van der Waals surface area contributed by atoms with E-state index in [1.807, 2.05) is 18.3 Å². The number of unbranched alkanes of at least 4 members (excludes halogenated alkanes) is 1. The molecule has 102 valence electrons. The van der Waals surface area contributed by atoms with Crippen LogP contribution in [0.15, 0.2) is 36.5 Å². The number of benzene rings is 1. The van der Waals surface area contributed by atoms with E-state index in [0.29, 0.717) is 19.0 Å². The second-order valence-electron chi connectivity index (χ2n) is 4.60. The largest absolute Gasteiger partial charge is 0.492 e. The van der Waals surface area contributed by atoms with E-state index >= 15 is 0 Å². The predicted octanol–water partition coefficient (Wildman–Crippen LogP) is 2.89. The van der Waals surface area contributed by atoms with Crippen molar-refractivity contribution in [3.63, 3.8) is 0 Å². The van der Waals surface area contributed by atoms with Gasteiger partial charge in [-0.25, -0.2) is 0 Å². The molecule has 0 amide bonds. The molecule has 0 bridgehead atoms. The van der Waals surface area contributed by atoms with Crippen LogP contribution in [0.4, 0.5) is 5.82 Å². The minimum Gasteiger partial charge on any atom is -0.492 e. The molecule has 0 aliphatic rings. The van der Waals surface area contributed by atoms with Crippen LogP contribution in [0.25, 0.3) is 0 Å². The number of aryl methyl sites for hydroxylation is 1. The fourth-order valence-electron chi connectivity index (χ4n) is 1.89. The van der Waals surface area contributed by atoms with Crippen molar-refractivity contribution >= 4 is 5.82 Å². The number of hydrogen-bond acceptors (Lipinski definition) is 3. The molecule has 0 saturated heterocycles. The lowest BCUT2D eigenvalue weighted by atomic mass is 10.1. The molecular formula is C15H21N3O. The van der Waals surface area contributed by atoms with Crippen LogP contribution in [0.2, 0.25) is 0 Å². The Labute approximate surface area is 114 Å². The average molecular weight is 259 g/mol.